The number of anilines is 1. The summed E-state index contributed by atoms with van der Waals surface area (Å²) in [6, 6.07) is 3.63. The number of piperidine rings is 1. The number of aromatic amines is 1. The van der Waals surface area contributed by atoms with Crippen LogP contribution in [0.2, 0.25) is 0 Å². The van der Waals surface area contributed by atoms with E-state index in [0.717, 1.165) is 44.5 Å². The number of halogens is 1. The molecule has 5 nitrogen and oxygen atoms in total. The van der Waals surface area contributed by atoms with Gasteiger partial charge in [-0.15, -0.1) is 0 Å². The van der Waals surface area contributed by atoms with Crippen LogP contribution in [0.1, 0.15) is 58.2 Å². The number of rotatable bonds is 5. The number of hydrogen-bond donors (Lipinski definition) is 3. The predicted octanol–water partition coefficient (Wildman–Crippen LogP) is 4.43. The summed E-state index contributed by atoms with van der Waals surface area (Å²) in [5.41, 5.74) is 0.780. The summed E-state index contributed by atoms with van der Waals surface area (Å²) in [4.78, 5) is 19.7. The Morgan fingerprint density at radius 2 is 1.89 bits per heavy atom. The van der Waals surface area contributed by atoms with E-state index in [0.29, 0.717) is 28.4 Å². The van der Waals surface area contributed by atoms with E-state index in [1.165, 1.54) is 25.3 Å². The lowest BCUT2D eigenvalue weighted by molar-refractivity contribution is 0.462. The van der Waals surface area contributed by atoms with Crippen molar-refractivity contribution in [1.29, 1.82) is 0 Å². The van der Waals surface area contributed by atoms with Crippen LogP contribution in [-0.2, 0) is 5.75 Å². The first-order valence-electron chi connectivity index (χ1n) is 10.0. The highest BCUT2D eigenvalue weighted by Crippen LogP contribution is 2.26. The lowest BCUT2D eigenvalue weighted by Crippen LogP contribution is -2.29. The van der Waals surface area contributed by atoms with Crippen LogP contribution in [0.3, 0.4) is 0 Å². The van der Waals surface area contributed by atoms with Gasteiger partial charge in [-0.1, -0.05) is 26.7 Å². The van der Waals surface area contributed by atoms with E-state index >= 15 is 0 Å². The molecule has 0 amide bonds. The summed E-state index contributed by atoms with van der Waals surface area (Å²) in [5, 5.41) is 7.43. The fourth-order valence-corrected chi connectivity index (χ4v) is 5.16. The van der Waals surface area contributed by atoms with Gasteiger partial charge in [0.15, 0.2) is 0 Å². The Kier molecular flexibility index (Phi) is 7.35. The minimum absolute atomic E-state index is 0. The third kappa shape index (κ3) is 5.06. The van der Waals surface area contributed by atoms with Crippen LogP contribution in [0.25, 0.3) is 10.9 Å². The van der Waals surface area contributed by atoms with Crippen LogP contribution in [0.15, 0.2) is 16.9 Å². The summed E-state index contributed by atoms with van der Waals surface area (Å²) in [7, 11) is 0. The zero-order valence-corrected chi connectivity index (χ0v) is 16.3. The Labute approximate surface area is 170 Å². The van der Waals surface area contributed by atoms with E-state index in [2.05, 4.69) is 20.6 Å². The fraction of sp³-hybridized carbons (Fsp3) is 0.619. The van der Waals surface area contributed by atoms with Gasteiger partial charge in [-0.05, 0) is 50.9 Å². The van der Waals surface area contributed by atoms with E-state index in [9.17, 15) is 9.18 Å². The monoisotopic (exact) mass is 406 g/mol. The van der Waals surface area contributed by atoms with Crippen molar-refractivity contribution in [2.24, 2.45) is 0 Å². The highest BCUT2D eigenvalue weighted by Gasteiger charge is 2.17. The molecule has 4 rings (SSSR count). The lowest BCUT2D eigenvalue weighted by atomic mass is 9.95. The predicted molar refractivity (Wildman–Crippen MR) is 117 cm³/mol. The lowest BCUT2D eigenvalue weighted by Gasteiger charge is -2.24. The number of nitrogens with one attached hydrogen (secondary N) is 3. The number of benzene rings is 1. The molecule has 28 heavy (non-hydrogen) atoms. The van der Waals surface area contributed by atoms with Crippen LogP contribution in [-0.4, -0.2) is 34.3 Å². The molecule has 0 atom stereocenters. The summed E-state index contributed by atoms with van der Waals surface area (Å²) in [6.07, 6.45) is 8.19. The Morgan fingerprint density at radius 3 is 2.64 bits per heavy atom. The molecule has 2 aromatic rings. The average Bonchev–Trinajstić information content (AvgIpc) is 2.67. The molecule has 2 aliphatic rings. The largest absolute Gasteiger partial charge is 0.382 e. The second kappa shape index (κ2) is 9.74. The normalized spacial score (nSPS) is 18.8. The Balaban J connectivity index is 0.00000225. The molecule has 1 saturated carbocycles. The molecule has 154 valence electrons. The quantitative estimate of drug-likeness (QED) is 0.685. The molecular formula is C21H31FN4OS. The number of nitrogens with zero attached hydrogens (tertiary/aromatic N) is 1. The zero-order chi connectivity index (χ0) is 18.6. The molecule has 0 unspecified atom stereocenters. The summed E-state index contributed by atoms with van der Waals surface area (Å²) in [5.74, 6) is 0.778. The van der Waals surface area contributed by atoms with E-state index in [1.807, 2.05) is 17.8 Å². The van der Waals surface area contributed by atoms with Gasteiger partial charge < -0.3 is 15.6 Å². The second-order valence-corrected chi connectivity index (χ2v) is 8.89. The topological polar surface area (TPSA) is 69.8 Å². The van der Waals surface area contributed by atoms with Crippen molar-refractivity contribution in [2.75, 3.05) is 18.4 Å². The van der Waals surface area contributed by atoms with Crippen molar-refractivity contribution >= 4 is 28.4 Å². The fourth-order valence-electron chi connectivity index (χ4n) is 4.07. The molecule has 3 N–H and O–H groups in total. The van der Waals surface area contributed by atoms with Gasteiger partial charge in [0.1, 0.15) is 17.0 Å². The van der Waals surface area contributed by atoms with Crippen molar-refractivity contribution in [2.45, 2.75) is 69.4 Å². The molecular weight excluding hydrogens is 375 g/mol. The van der Waals surface area contributed by atoms with Gasteiger partial charge in [0.05, 0.1) is 11.3 Å². The molecule has 0 radical (unpaired) electrons. The number of aromatic nitrogens is 2. The maximum atomic E-state index is 14.6. The highest BCUT2D eigenvalue weighted by atomic mass is 32.2. The second-order valence-electron chi connectivity index (χ2n) is 7.60. The molecule has 2 fully saturated rings. The Bertz CT molecular complexity index is 844. The van der Waals surface area contributed by atoms with Gasteiger partial charge in [0.25, 0.3) is 5.56 Å². The third-order valence-electron chi connectivity index (χ3n) is 5.53. The number of fused-ring (bicyclic) bond motifs is 1. The van der Waals surface area contributed by atoms with Crippen LogP contribution in [0.5, 0.6) is 0 Å². The van der Waals surface area contributed by atoms with Crippen LogP contribution < -0.4 is 16.2 Å². The van der Waals surface area contributed by atoms with Gasteiger partial charge in [-0.2, -0.15) is 11.8 Å². The van der Waals surface area contributed by atoms with Crippen molar-refractivity contribution in [3.05, 3.63) is 34.1 Å². The first kappa shape index (κ1) is 21.1. The molecule has 1 aliphatic heterocycles. The molecule has 1 aliphatic carbocycles. The van der Waals surface area contributed by atoms with Crippen molar-refractivity contribution in [1.82, 2.24) is 15.3 Å². The Hall–Kier alpha value is -1.60. The summed E-state index contributed by atoms with van der Waals surface area (Å²) < 4.78 is 14.6. The van der Waals surface area contributed by atoms with Crippen LogP contribution >= 0.6 is 11.8 Å². The molecule has 2 heterocycles. The van der Waals surface area contributed by atoms with Crippen molar-refractivity contribution in [3.8, 4) is 0 Å². The molecule has 1 saturated heterocycles. The van der Waals surface area contributed by atoms with Crippen molar-refractivity contribution < 1.29 is 4.39 Å². The first-order chi connectivity index (χ1) is 13.2. The molecule has 1 aromatic carbocycles. The van der Waals surface area contributed by atoms with Crippen LogP contribution in [0, 0.1) is 5.82 Å². The molecule has 1 aromatic heterocycles. The Morgan fingerprint density at radius 1 is 1.14 bits per heavy atom. The number of hydrogen-bond acceptors (Lipinski definition) is 5. The SMILES string of the molecule is C.O=c1[nH]c(CSC2CCNCC2)nc2cc(NC3CCCCC3)cc(F)c12. The van der Waals surface area contributed by atoms with Gasteiger partial charge in [0.2, 0.25) is 0 Å². The minimum Gasteiger partial charge on any atom is -0.382 e. The maximum Gasteiger partial charge on any atom is 0.261 e. The van der Waals surface area contributed by atoms with E-state index in [4.69, 9.17) is 0 Å². The summed E-state index contributed by atoms with van der Waals surface area (Å²) >= 11 is 1.82. The first-order valence-corrected chi connectivity index (χ1v) is 11.1. The third-order valence-corrected chi connectivity index (χ3v) is 6.91. The van der Waals surface area contributed by atoms with Crippen molar-refractivity contribution in [3.63, 3.8) is 0 Å². The average molecular weight is 407 g/mol. The molecule has 7 heteroatoms. The summed E-state index contributed by atoms with van der Waals surface area (Å²) in [6.45, 7) is 2.08. The van der Waals surface area contributed by atoms with E-state index in [-0.39, 0.29) is 18.4 Å². The van der Waals surface area contributed by atoms with Gasteiger partial charge in [-0.25, -0.2) is 9.37 Å². The number of H-pyrrole nitrogens is 1. The smallest absolute Gasteiger partial charge is 0.261 e. The zero-order valence-electron chi connectivity index (χ0n) is 15.5. The van der Waals surface area contributed by atoms with Gasteiger partial charge in [0, 0.05) is 17.0 Å². The maximum absolute atomic E-state index is 14.6. The van der Waals surface area contributed by atoms with Crippen LogP contribution in [0.4, 0.5) is 10.1 Å². The number of thioether (sulfide) groups is 1. The van der Waals surface area contributed by atoms with E-state index in [1.54, 1.807) is 0 Å². The molecule has 0 spiro atoms. The van der Waals surface area contributed by atoms with Gasteiger partial charge >= 0.3 is 0 Å². The highest BCUT2D eigenvalue weighted by molar-refractivity contribution is 7.99. The minimum atomic E-state index is -0.503. The standard InChI is InChI=1S/C20H27FN4OS.CH4/c21-16-10-14(23-13-4-2-1-3-5-13)11-17-19(16)20(26)25-18(24-17)12-27-15-6-8-22-9-7-15;/h10-11,13,15,22-23H,1-9,12H2,(H,24,25,26);1H4. The van der Waals surface area contributed by atoms with Gasteiger partial charge in [-0.3, -0.25) is 4.79 Å². The molecule has 0 bridgehead atoms. The van der Waals surface area contributed by atoms with E-state index < -0.39 is 5.82 Å².